The number of thiocarbonyl (C=S) groups is 1. The average molecular weight is 346 g/mol. The number of amides is 1. The minimum absolute atomic E-state index is 0.0260. The number of hydrogen-bond acceptors (Lipinski definition) is 4. The van der Waals surface area contributed by atoms with E-state index in [-0.39, 0.29) is 18.4 Å². The van der Waals surface area contributed by atoms with Crippen LogP contribution < -0.4 is 15.0 Å². The molecule has 0 saturated carbocycles. The van der Waals surface area contributed by atoms with Crippen LogP contribution in [-0.4, -0.2) is 43.7 Å². The predicted molar refractivity (Wildman–Crippen MR) is 98.4 cm³/mol. The number of fused-ring (bicyclic) bond motifs is 1. The summed E-state index contributed by atoms with van der Waals surface area (Å²) < 4.78 is 5.46. The molecule has 6 nitrogen and oxygen atoms in total. The van der Waals surface area contributed by atoms with Crippen molar-refractivity contribution in [1.82, 2.24) is 4.90 Å². The van der Waals surface area contributed by atoms with Gasteiger partial charge in [0.05, 0.1) is 24.6 Å². The number of nitrogens with zero attached hydrogens (tertiary/aromatic N) is 3. The zero-order chi connectivity index (χ0) is 17.9. The van der Waals surface area contributed by atoms with Crippen LogP contribution in [0.15, 0.2) is 12.1 Å². The highest BCUT2D eigenvalue weighted by Crippen LogP contribution is 2.37. The van der Waals surface area contributed by atoms with Gasteiger partial charge >= 0.3 is 0 Å². The molecule has 1 atom stereocenters. The van der Waals surface area contributed by atoms with Gasteiger partial charge in [-0.1, -0.05) is 6.92 Å². The molecular formula is C17H22N4O2S. The Morgan fingerprint density at radius 2 is 2.25 bits per heavy atom. The molecule has 1 aliphatic rings. The quantitative estimate of drug-likeness (QED) is 0.669. The zero-order valence-electron chi connectivity index (χ0n) is 14.4. The predicted octanol–water partition coefficient (Wildman–Crippen LogP) is 2.39. The van der Waals surface area contributed by atoms with E-state index in [4.69, 9.17) is 22.2 Å². The minimum atomic E-state index is -0.115. The van der Waals surface area contributed by atoms with Gasteiger partial charge in [-0.2, -0.15) is 5.26 Å². The summed E-state index contributed by atoms with van der Waals surface area (Å²) in [5, 5.41) is 12.8. The normalized spacial score (nSPS) is 16.7. The summed E-state index contributed by atoms with van der Waals surface area (Å²) in [6.45, 7) is 1.93. The second-order valence-corrected chi connectivity index (χ2v) is 6.41. The van der Waals surface area contributed by atoms with Crippen molar-refractivity contribution in [3.05, 3.63) is 17.7 Å². The number of benzene rings is 1. The smallest absolute Gasteiger partial charge is 0.230 e. The zero-order valence-corrected chi connectivity index (χ0v) is 15.2. The van der Waals surface area contributed by atoms with Gasteiger partial charge in [-0.15, -0.1) is 0 Å². The lowest BCUT2D eigenvalue weighted by Crippen LogP contribution is -2.34. The number of ether oxygens (including phenoxy) is 1. The molecule has 24 heavy (non-hydrogen) atoms. The van der Waals surface area contributed by atoms with Crippen molar-refractivity contribution in [2.45, 2.75) is 19.8 Å². The number of carbonyl (C=O) groups is 1. The number of nitriles is 1. The van der Waals surface area contributed by atoms with Crippen molar-refractivity contribution in [3.8, 4) is 11.8 Å². The summed E-state index contributed by atoms with van der Waals surface area (Å²) in [7, 11) is 5.29. The summed E-state index contributed by atoms with van der Waals surface area (Å²) in [4.78, 5) is 15.9. The van der Waals surface area contributed by atoms with Gasteiger partial charge in [-0.25, -0.2) is 0 Å². The third-order valence-corrected chi connectivity index (χ3v) is 4.57. The van der Waals surface area contributed by atoms with Crippen LogP contribution in [0.1, 0.15) is 18.9 Å². The molecule has 1 aliphatic heterocycles. The van der Waals surface area contributed by atoms with Crippen molar-refractivity contribution in [2.75, 3.05) is 38.0 Å². The van der Waals surface area contributed by atoms with Gasteiger partial charge in [0.15, 0.2) is 5.11 Å². The highest BCUT2D eigenvalue weighted by atomic mass is 32.1. The Morgan fingerprint density at radius 3 is 2.83 bits per heavy atom. The monoisotopic (exact) mass is 346 g/mol. The van der Waals surface area contributed by atoms with Crippen molar-refractivity contribution in [3.63, 3.8) is 0 Å². The van der Waals surface area contributed by atoms with Gasteiger partial charge in [-0.3, -0.25) is 9.69 Å². The second kappa shape index (κ2) is 7.49. The molecule has 0 radical (unpaired) electrons. The van der Waals surface area contributed by atoms with E-state index in [1.54, 1.807) is 16.9 Å². The average Bonchev–Trinajstić information content (AvgIpc) is 2.66. The highest BCUT2D eigenvalue weighted by Gasteiger charge is 2.28. The van der Waals surface area contributed by atoms with E-state index in [1.165, 1.54) is 0 Å². The molecule has 0 spiro atoms. The third-order valence-electron chi connectivity index (χ3n) is 4.10. The maximum Gasteiger partial charge on any atom is 0.230 e. The summed E-state index contributed by atoms with van der Waals surface area (Å²) in [5.74, 6) is 0.445. The van der Waals surface area contributed by atoms with E-state index in [1.807, 2.05) is 33.2 Å². The Kier molecular flexibility index (Phi) is 5.62. The highest BCUT2D eigenvalue weighted by molar-refractivity contribution is 7.80. The van der Waals surface area contributed by atoms with Crippen molar-refractivity contribution in [2.24, 2.45) is 5.92 Å². The largest absolute Gasteiger partial charge is 0.494 e. The molecular weight excluding hydrogens is 324 g/mol. The molecule has 128 valence electrons. The Hall–Kier alpha value is -2.33. The Bertz CT molecular complexity index is 697. The van der Waals surface area contributed by atoms with Crippen LogP contribution in [0.2, 0.25) is 0 Å². The second-order valence-electron chi connectivity index (χ2n) is 6.03. The fourth-order valence-corrected chi connectivity index (χ4v) is 2.78. The molecule has 0 fully saturated rings. The van der Waals surface area contributed by atoms with Crippen LogP contribution in [0.25, 0.3) is 0 Å². The molecule has 0 saturated heterocycles. The molecule has 1 aromatic carbocycles. The molecule has 0 bridgehead atoms. The van der Waals surface area contributed by atoms with E-state index >= 15 is 0 Å². The van der Waals surface area contributed by atoms with Gasteiger partial charge in [-0.05, 0) is 36.7 Å². The van der Waals surface area contributed by atoms with Crippen LogP contribution in [0.5, 0.6) is 5.75 Å². The maximum absolute atomic E-state index is 12.5. The number of aryl methyl sites for hydroxylation is 1. The fraction of sp³-hybridized carbons (Fsp3) is 0.471. The van der Waals surface area contributed by atoms with Gasteiger partial charge in [0, 0.05) is 26.1 Å². The van der Waals surface area contributed by atoms with E-state index in [0.29, 0.717) is 10.9 Å². The number of methoxy groups -OCH3 is 1. The first-order valence-corrected chi connectivity index (χ1v) is 8.17. The van der Waals surface area contributed by atoms with Gasteiger partial charge in [0.25, 0.3) is 0 Å². The van der Waals surface area contributed by atoms with Gasteiger partial charge in [0.1, 0.15) is 12.3 Å². The molecule has 0 aromatic heterocycles. The third kappa shape index (κ3) is 3.60. The molecule has 1 aromatic rings. The summed E-state index contributed by atoms with van der Waals surface area (Å²) in [6, 6.07) is 5.84. The van der Waals surface area contributed by atoms with Gasteiger partial charge in [0.2, 0.25) is 5.91 Å². The first kappa shape index (κ1) is 18.0. The van der Waals surface area contributed by atoms with Crippen LogP contribution >= 0.6 is 12.2 Å². The summed E-state index contributed by atoms with van der Waals surface area (Å²) in [5.41, 5.74) is 2.51. The lowest BCUT2D eigenvalue weighted by atomic mass is 10.0. The van der Waals surface area contributed by atoms with Crippen molar-refractivity contribution in [1.29, 1.82) is 5.26 Å². The molecule has 2 rings (SSSR count). The number of hydrogen-bond donors (Lipinski definition) is 1. The lowest BCUT2D eigenvalue weighted by molar-refractivity contribution is -0.121. The lowest BCUT2D eigenvalue weighted by Gasteiger charge is -2.24. The number of anilines is 2. The SMILES string of the molecule is COc1cc2c(cc1NC(=S)N(C)C)CCC(C)C(=O)N2CC#N. The van der Waals surface area contributed by atoms with Crippen LogP contribution in [0.3, 0.4) is 0 Å². The molecule has 0 aliphatic carbocycles. The van der Waals surface area contributed by atoms with E-state index < -0.39 is 0 Å². The van der Waals surface area contributed by atoms with E-state index in [0.717, 1.165) is 29.8 Å². The number of carbonyl (C=O) groups excluding carboxylic acids is 1. The molecule has 1 unspecified atom stereocenters. The van der Waals surface area contributed by atoms with Crippen LogP contribution in [-0.2, 0) is 11.2 Å². The summed E-state index contributed by atoms with van der Waals surface area (Å²) in [6.07, 6.45) is 1.51. The number of rotatable bonds is 3. The fourth-order valence-electron chi connectivity index (χ4n) is 2.67. The standard InChI is InChI=1S/C17H22N4O2S/c1-11-5-6-12-9-13(19-17(24)20(2)3)15(23-4)10-14(12)21(8-7-18)16(11)22/h9-11H,5-6,8H2,1-4H3,(H,19,24). The summed E-state index contributed by atoms with van der Waals surface area (Å²) >= 11 is 5.30. The minimum Gasteiger partial charge on any atom is -0.494 e. The van der Waals surface area contributed by atoms with Gasteiger partial charge < -0.3 is 15.0 Å². The first-order chi connectivity index (χ1) is 11.4. The van der Waals surface area contributed by atoms with Crippen LogP contribution in [0.4, 0.5) is 11.4 Å². The van der Waals surface area contributed by atoms with Crippen LogP contribution in [0, 0.1) is 17.2 Å². The van der Waals surface area contributed by atoms with Crippen molar-refractivity contribution < 1.29 is 9.53 Å². The molecule has 1 heterocycles. The van der Waals surface area contributed by atoms with E-state index in [9.17, 15) is 4.79 Å². The Balaban J connectivity index is 2.50. The molecule has 7 heteroatoms. The molecule has 1 N–H and O–H groups in total. The van der Waals surface area contributed by atoms with E-state index in [2.05, 4.69) is 11.4 Å². The number of nitrogens with one attached hydrogen (secondary N) is 1. The maximum atomic E-state index is 12.5. The Morgan fingerprint density at radius 1 is 1.54 bits per heavy atom. The molecule has 1 amide bonds. The Labute approximate surface area is 148 Å². The van der Waals surface area contributed by atoms with Crippen molar-refractivity contribution >= 4 is 34.6 Å². The topological polar surface area (TPSA) is 68.6 Å². The first-order valence-electron chi connectivity index (χ1n) is 7.76.